The highest BCUT2D eigenvalue weighted by Crippen LogP contribution is 2.28. The molecule has 1 aromatic heterocycles. The quantitative estimate of drug-likeness (QED) is 0.211. The van der Waals surface area contributed by atoms with Gasteiger partial charge in [0.25, 0.3) is 5.91 Å². The molecule has 0 fully saturated rings. The van der Waals surface area contributed by atoms with E-state index in [4.69, 9.17) is 16.3 Å². The summed E-state index contributed by atoms with van der Waals surface area (Å²) in [5.41, 5.74) is 2.45. The first-order valence-corrected chi connectivity index (χ1v) is 11.3. The Morgan fingerprint density at radius 3 is 2.24 bits per heavy atom. The summed E-state index contributed by atoms with van der Waals surface area (Å²) in [7, 11) is 0. The van der Waals surface area contributed by atoms with Crippen molar-refractivity contribution in [2.24, 2.45) is 0 Å². The number of benzene rings is 3. The number of amides is 1. The predicted octanol–water partition coefficient (Wildman–Crippen LogP) is 6.73. The standard InChI is InChI=1S/C26H19ClF5N3O2/c1-13-24(14(2)35(34-13)11-17-18(27)4-3-5-19(17)28)33-26(36)16-8-6-15(7-9-16)12-37-25-22(31)20(29)10-21(30)23(25)32/h3-10H,11-12H2,1-2H3,(H,33,36). The van der Waals surface area contributed by atoms with Crippen LogP contribution in [0.1, 0.15) is 32.9 Å². The van der Waals surface area contributed by atoms with E-state index >= 15 is 0 Å². The summed E-state index contributed by atoms with van der Waals surface area (Å²) in [6.45, 7) is 3.08. The van der Waals surface area contributed by atoms with E-state index < -0.39 is 47.3 Å². The fourth-order valence-electron chi connectivity index (χ4n) is 3.64. The predicted molar refractivity (Wildman–Crippen MR) is 127 cm³/mol. The van der Waals surface area contributed by atoms with Crippen LogP contribution in [0.4, 0.5) is 27.6 Å². The smallest absolute Gasteiger partial charge is 0.255 e. The van der Waals surface area contributed by atoms with E-state index in [9.17, 15) is 26.7 Å². The number of nitrogens with zero attached hydrogens (tertiary/aromatic N) is 2. The van der Waals surface area contributed by atoms with Crippen molar-refractivity contribution in [1.82, 2.24) is 9.78 Å². The van der Waals surface area contributed by atoms with Gasteiger partial charge in [0.05, 0.1) is 23.6 Å². The van der Waals surface area contributed by atoms with E-state index in [1.165, 1.54) is 41.1 Å². The molecule has 37 heavy (non-hydrogen) atoms. The van der Waals surface area contributed by atoms with E-state index in [1.807, 2.05) is 0 Å². The van der Waals surface area contributed by atoms with Gasteiger partial charge in [-0.15, -0.1) is 0 Å². The molecule has 3 aromatic carbocycles. The molecule has 4 aromatic rings. The largest absolute Gasteiger partial charge is 0.483 e. The number of carbonyl (C=O) groups excluding carboxylic acids is 1. The highest BCUT2D eigenvalue weighted by atomic mass is 35.5. The molecule has 0 saturated carbocycles. The van der Waals surface area contributed by atoms with Crippen LogP contribution in [0.25, 0.3) is 0 Å². The van der Waals surface area contributed by atoms with Crippen LogP contribution in [0.5, 0.6) is 5.75 Å². The Morgan fingerprint density at radius 2 is 1.62 bits per heavy atom. The minimum Gasteiger partial charge on any atom is -0.483 e. The number of carbonyl (C=O) groups is 1. The molecule has 0 aliphatic heterocycles. The first-order chi connectivity index (χ1) is 17.6. The molecular weight excluding hydrogens is 517 g/mol. The number of anilines is 1. The molecule has 0 atom stereocenters. The zero-order valence-electron chi connectivity index (χ0n) is 19.5. The van der Waals surface area contributed by atoms with Crippen LogP contribution >= 0.6 is 11.6 Å². The van der Waals surface area contributed by atoms with Crippen molar-refractivity contribution in [2.45, 2.75) is 27.0 Å². The van der Waals surface area contributed by atoms with Gasteiger partial charge >= 0.3 is 0 Å². The van der Waals surface area contributed by atoms with Gasteiger partial charge in [-0.3, -0.25) is 9.48 Å². The molecule has 0 aliphatic carbocycles. The minimum atomic E-state index is -1.64. The summed E-state index contributed by atoms with van der Waals surface area (Å²) in [5, 5.41) is 7.41. The number of halogens is 6. The summed E-state index contributed by atoms with van der Waals surface area (Å²) < 4.78 is 74.8. The summed E-state index contributed by atoms with van der Waals surface area (Å²) in [4.78, 5) is 12.8. The summed E-state index contributed by atoms with van der Waals surface area (Å²) >= 11 is 6.11. The SMILES string of the molecule is Cc1nn(Cc2c(F)cccc2Cl)c(C)c1NC(=O)c1ccc(COc2c(F)c(F)cc(F)c2F)cc1. The van der Waals surface area contributed by atoms with Crippen molar-refractivity contribution in [3.05, 3.63) is 111 Å². The summed E-state index contributed by atoms with van der Waals surface area (Å²) in [6, 6.07) is 10.3. The molecule has 1 heterocycles. The number of hydrogen-bond acceptors (Lipinski definition) is 3. The third-order valence-corrected chi connectivity index (χ3v) is 6.01. The second-order valence-corrected chi connectivity index (χ2v) is 8.55. The molecule has 1 amide bonds. The highest BCUT2D eigenvalue weighted by molar-refractivity contribution is 6.31. The second kappa shape index (κ2) is 10.6. The van der Waals surface area contributed by atoms with E-state index in [0.29, 0.717) is 22.6 Å². The van der Waals surface area contributed by atoms with Crippen LogP contribution in [0.2, 0.25) is 5.02 Å². The van der Waals surface area contributed by atoms with Crippen LogP contribution < -0.4 is 10.1 Å². The average molecular weight is 536 g/mol. The first kappa shape index (κ1) is 26.2. The molecule has 0 bridgehead atoms. The van der Waals surface area contributed by atoms with Crippen molar-refractivity contribution in [2.75, 3.05) is 5.32 Å². The van der Waals surface area contributed by atoms with E-state index in [2.05, 4.69) is 10.4 Å². The van der Waals surface area contributed by atoms with Gasteiger partial charge in [-0.1, -0.05) is 29.8 Å². The molecule has 1 N–H and O–H groups in total. The maximum absolute atomic E-state index is 14.2. The van der Waals surface area contributed by atoms with Gasteiger partial charge < -0.3 is 10.1 Å². The lowest BCUT2D eigenvalue weighted by Gasteiger charge is -2.11. The van der Waals surface area contributed by atoms with Crippen molar-refractivity contribution in [1.29, 1.82) is 0 Å². The molecule has 0 saturated heterocycles. The molecule has 5 nitrogen and oxygen atoms in total. The fourth-order valence-corrected chi connectivity index (χ4v) is 3.86. The molecule has 0 spiro atoms. The molecule has 0 unspecified atom stereocenters. The fraction of sp³-hybridized carbons (Fsp3) is 0.154. The lowest BCUT2D eigenvalue weighted by atomic mass is 10.1. The van der Waals surface area contributed by atoms with Crippen LogP contribution in [0.15, 0.2) is 48.5 Å². The zero-order chi connectivity index (χ0) is 26.9. The summed E-state index contributed by atoms with van der Waals surface area (Å²) in [5.74, 6) is -8.54. The Labute approximate surface area is 213 Å². The molecule has 4 rings (SSSR count). The van der Waals surface area contributed by atoms with Crippen LogP contribution in [-0.2, 0) is 13.2 Å². The summed E-state index contributed by atoms with van der Waals surface area (Å²) in [6.07, 6.45) is 0. The van der Waals surface area contributed by atoms with Crippen molar-refractivity contribution >= 4 is 23.2 Å². The number of aromatic nitrogens is 2. The van der Waals surface area contributed by atoms with Crippen molar-refractivity contribution < 1.29 is 31.5 Å². The lowest BCUT2D eigenvalue weighted by Crippen LogP contribution is -2.13. The zero-order valence-corrected chi connectivity index (χ0v) is 20.3. The maximum atomic E-state index is 14.2. The van der Waals surface area contributed by atoms with E-state index in [-0.39, 0.29) is 28.8 Å². The topological polar surface area (TPSA) is 56.2 Å². The van der Waals surface area contributed by atoms with Crippen LogP contribution in [0, 0.1) is 42.9 Å². The number of ether oxygens (including phenoxy) is 1. The molecule has 11 heteroatoms. The van der Waals surface area contributed by atoms with Crippen molar-refractivity contribution in [3.63, 3.8) is 0 Å². The van der Waals surface area contributed by atoms with Crippen LogP contribution in [0.3, 0.4) is 0 Å². The molecule has 0 radical (unpaired) electrons. The highest BCUT2D eigenvalue weighted by Gasteiger charge is 2.21. The van der Waals surface area contributed by atoms with Gasteiger partial charge in [0.15, 0.2) is 17.4 Å². The third kappa shape index (κ3) is 5.43. The lowest BCUT2D eigenvalue weighted by molar-refractivity contribution is 0.102. The second-order valence-electron chi connectivity index (χ2n) is 8.14. The van der Waals surface area contributed by atoms with E-state index in [0.717, 1.165) is 0 Å². The molecular formula is C26H19ClF5N3O2. The Bertz CT molecular complexity index is 1440. The number of nitrogens with one attached hydrogen (secondary N) is 1. The van der Waals surface area contributed by atoms with Gasteiger partial charge in [-0.05, 0) is 43.7 Å². The Morgan fingerprint density at radius 1 is 0.973 bits per heavy atom. The third-order valence-electron chi connectivity index (χ3n) is 5.66. The number of rotatable bonds is 7. The van der Waals surface area contributed by atoms with Gasteiger partial charge in [-0.2, -0.15) is 13.9 Å². The molecule has 192 valence electrons. The number of aryl methyl sites for hydroxylation is 1. The van der Waals surface area contributed by atoms with Crippen molar-refractivity contribution in [3.8, 4) is 5.75 Å². The van der Waals surface area contributed by atoms with Gasteiger partial charge in [0.2, 0.25) is 11.6 Å². The Kier molecular flexibility index (Phi) is 7.49. The Hall–Kier alpha value is -3.92. The average Bonchev–Trinajstić information content (AvgIpc) is 3.12. The minimum absolute atomic E-state index is 0.0686. The molecule has 0 aliphatic rings. The van der Waals surface area contributed by atoms with Gasteiger partial charge in [-0.25, -0.2) is 13.2 Å². The monoisotopic (exact) mass is 535 g/mol. The van der Waals surface area contributed by atoms with Crippen LogP contribution in [-0.4, -0.2) is 15.7 Å². The van der Waals surface area contributed by atoms with Gasteiger partial charge in [0, 0.05) is 22.2 Å². The van der Waals surface area contributed by atoms with E-state index in [1.54, 1.807) is 19.9 Å². The maximum Gasteiger partial charge on any atom is 0.255 e. The normalized spacial score (nSPS) is 11.0. The number of hydrogen-bond donors (Lipinski definition) is 1. The first-order valence-electron chi connectivity index (χ1n) is 10.9. The van der Waals surface area contributed by atoms with Gasteiger partial charge in [0.1, 0.15) is 12.4 Å². The Balaban J connectivity index is 1.45.